The predicted octanol–water partition coefficient (Wildman–Crippen LogP) is 3.51. The molecule has 1 unspecified atom stereocenters. The summed E-state index contributed by atoms with van der Waals surface area (Å²) in [6.07, 6.45) is 0.886. The van der Waals surface area contributed by atoms with Crippen molar-refractivity contribution in [1.29, 1.82) is 0 Å². The number of rotatable bonds is 5. The normalized spacial score (nSPS) is 13.2. The molecule has 0 bridgehead atoms. The van der Waals surface area contributed by atoms with Crippen molar-refractivity contribution in [2.45, 2.75) is 24.3 Å². The van der Waals surface area contributed by atoms with Crippen molar-refractivity contribution in [3.8, 4) is 0 Å². The maximum atomic E-state index is 8.72. The van der Waals surface area contributed by atoms with Crippen LogP contribution < -0.4 is 0 Å². The quantitative estimate of drug-likeness (QED) is 0.891. The Morgan fingerprint density at radius 3 is 3.00 bits per heavy atom. The molecule has 1 aromatic heterocycles. The van der Waals surface area contributed by atoms with Gasteiger partial charge in [-0.1, -0.05) is 6.92 Å². The van der Waals surface area contributed by atoms with Gasteiger partial charge in [0.1, 0.15) is 0 Å². The van der Waals surface area contributed by atoms with E-state index < -0.39 is 0 Å². The lowest BCUT2D eigenvalue weighted by atomic mass is 10.3. The smallest absolute Gasteiger partial charge is 0.0441 e. The van der Waals surface area contributed by atoms with Crippen LogP contribution in [-0.4, -0.2) is 17.0 Å². The molecule has 13 heavy (non-hydrogen) atoms. The van der Waals surface area contributed by atoms with Crippen molar-refractivity contribution in [2.75, 3.05) is 6.61 Å². The molecule has 0 saturated heterocycles. The molecule has 1 heterocycles. The van der Waals surface area contributed by atoms with Crippen LogP contribution in [0.5, 0.6) is 0 Å². The van der Waals surface area contributed by atoms with E-state index in [9.17, 15) is 0 Å². The summed E-state index contributed by atoms with van der Waals surface area (Å²) in [7, 11) is 0. The third-order valence-electron chi connectivity index (χ3n) is 1.67. The first-order valence-corrected chi connectivity index (χ1v) is 6.90. The van der Waals surface area contributed by atoms with Crippen LogP contribution in [0, 0.1) is 0 Å². The van der Waals surface area contributed by atoms with E-state index in [0.29, 0.717) is 11.9 Å². The highest BCUT2D eigenvalue weighted by Gasteiger charge is 2.03. The second-order valence-corrected chi connectivity index (χ2v) is 6.20. The van der Waals surface area contributed by atoms with Gasteiger partial charge in [0.2, 0.25) is 0 Å². The second kappa shape index (κ2) is 6.06. The van der Waals surface area contributed by atoms with Gasteiger partial charge in [-0.3, -0.25) is 0 Å². The Balaban J connectivity index is 2.26. The molecule has 0 fully saturated rings. The molecule has 1 rings (SSSR count). The fourth-order valence-corrected chi connectivity index (χ4v) is 3.43. The number of hydrogen-bond donors (Lipinski definition) is 1. The molecule has 0 aromatic carbocycles. The molecular formula is C9H13BrOS2. The molecule has 1 atom stereocenters. The van der Waals surface area contributed by atoms with Crippen molar-refractivity contribution >= 4 is 39.0 Å². The van der Waals surface area contributed by atoms with Gasteiger partial charge in [-0.05, 0) is 28.4 Å². The van der Waals surface area contributed by atoms with Crippen LogP contribution in [0.15, 0.2) is 15.9 Å². The lowest BCUT2D eigenvalue weighted by molar-refractivity contribution is 0.289. The minimum atomic E-state index is 0.294. The zero-order valence-corrected chi connectivity index (χ0v) is 10.7. The summed E-state index contributed by atoms with van der Waals surface area (Å²) < 4.78 is 1.17. The van der Waals surface area contributed by atoms with Gasteiger partial charge >= 0.3 is 0 Å². The Bertz CT molecular complexity index is 250. The lowest BCUT2D eigenvalue weighted by Crippen LogP contribution is -1.99. The van der Waals surface area contributed by atoms with E-state index in [2.05, 4.69) is 34.3 Å². The molecule has 0 saturated carbocycles. The van der Waals surface area contributed by atoms with Gasteiger partial charge < -0.3 is 5.11 Å². The summed E-state index contributed by atoms with van der Waals surface area (Å²) in [5.74, 6) is 1.05. The van der Waals surface area contributed by atoms with E-state index >= 15 is 0 Å². The largest absolute Gasteiger partial charge is 0.396 e. The molecular weight excluding hydrogens is 268 g/mol. The first-order chi connectivity index (χ1) is 6.22. The molecule has 1 aromatic rings. The summed E-state index contributed by atoms with van der Waals surface area (Å²) >= 11 is 7.11. The molecule has 74 valence electrons. The van der Waals surface area contributed by atoms with E-state index in [4.69, 9.17) is 5.11 Å². The van der Waals surface area contributed by atoms with E-state index in [1.807, 2.05) is 11.8 Å². The van der Waals surface area contributed by atoms with Gasteiger partial charge in [0.05, 0.1) is 0 Å². The molecule has 0 aliphatic rings. The maximum Gasteiger partial charge on any atom is 0.0441 e. The molecule has 1 nitrogen and oxygen atoms in total. The van der Waals surface area contributed by atoms with Gasteiger partial charge in [0.25, 0.3) is 0 Å². The topological polar surface area (TPSA) is 20.2 Å². The average Bonchev–Trinajstić information content (AvgIpc) is 2.49. The van der Waals surface area contributed by atoms with Gasteiger partial charge in [-0.2, -0.15) is 11.8 Å². The van der Waals surface area contributed by atoms with Gasteiger partial charge in [-0.25, -0.2) is 0 Å². The van der Waals surface area contributed by atoms with Crippen LogP contribution in [0.4, 0.5) is 0 Å². The number of thioether (sulfide) groups is 1. The fourth-order valence-electron chi connectivity index (χ4n) is 0.919. The highest BCUT2D eigenvalue weighted by Crippen LogP contribution is 2.26. The highest BCUT2D eigenvalue weighted by atomic mass is 79.9. The molecule has 0 spiro atoms. The summed E-state index contributed by atoms with van der Waals surface area (Å²) in [6, 6.07) is 2.16. The Kier molecular flexibility index (Phi) is 5.39. The van der Waals surface area contributed by atoms with Gasteiger partial charge in [0.15, 0.2) is 0 Å². The van der Waals surface area contributed by atoms with Crippen molar-refractivity contribution in [2.24, 2.45) is 0 Å². The van der Waals surface area contributed by atoms with E-state index in [0.717, 1.165) is 12.2 Å². The molecule has 1 N–H and O–H groups in total. The van der Waals surface area contributed by atoms with Crippen LogP contribution in [-0.2, 0) is 5.75 Å². The second-order valence-electron chi connectivity index (χ2n) is 2.87. The monoisotopic (exact) mass is 280 g/mol. The number of thiophene rings is 1. The highest BCUT2D eigenvalue weighted by molar-refractivity contribution is 9.10. The number of halogens is 1. The Hall–Kier alpha value is 0.490. The van der Waals surface area contributed by atoms with Crippen molar-refractivity contribution < 1.29 is 5.11 Å². The van der Waals surface area contributed by atoms with Crippen LogP contribution in [0.25, 0.3) is 0 Å². The summed E-state index contributed by atoms with van der Waals surface area (Å²) in [5.41, 5.74) is 0. The molecule has 0 radical (unpaired) electrons. The number of aliphatic hydroxyl groups excluding tert-OH is 1. The molecule has 4 heteroatoms. The summed E-state index contributed by atoms with van der Waals surface area (Å²) in [5, 5.41) is 11.4. The third-order valence-corrected chi connectivity index (χ3v) is 4.83. The first kappa shape index (κ1) is 11.6. The van der Waals surface area contributed by atoms with E-state index in [-0.39, 0.29) is 0 Å². The molecule has 0 amide bonds. The van der Waals surface area contributed by atoms with Crippen LogP contribution in [0.1, 0.15) is 18.2 Å². The van der Waals surface area contributed by atoms with Gasteiger partial charge in [-0.15, -0.1) is 11.3 Å². The van der Waals surface area contributed by atoms with Crippen LogP contribution in [0.2, 0.25) is 0 Å². The van der Waals surface area contributed by atoms with Crippen LogP contribution >= 0.6 is 39.0 Å². The lowest BCUT2D eigenvalue weighted by Gasteiger charge is -2.07. The van der Waals surface area contributed by atoms with Crippen LogP contribution in [0.3, 0.4) is 0 Å². The SMILES string of the molecule is CC(CCO)SCc1cc(Br)cs1. The standard InChI is InChI=1S/C9H13BrOS2/c1-7(2-3-11)12-6-9-4-8(10)5-13-9/h4-5,7,11H,2-3,6H2,1H3. The molecule has 0 aliphatic heterocycles. The third kappa shape index (κ3) is 4.49. The van der Waals surface area contributed by atoms with Crippen molar-refractivity contribution in [3.63, 3.8) is 0 Å². The number of hydrogen-bond acceptors (Lipinski definition) is 3. The van der Waals surface area contributed by atoms with Crippen molar-refractivity contribution in [1.82, 2.24) is 0 Å². The van der Waals surface area contributed by atoms with Crippen molar-refractivity contribution in [3.05, 3.63) is 20.8 Å². The maximum absolute atomic E-state index is 8.72. The number of aliphatic hydroxyl groups is 1. The Morgan fingerprint density at radius 2 is 2.46 bits per heavy atom. The Morgan fingerprint density at radius 1 is 1.69 bits per heavy atom. The Labute approximate surface area is 95.7 Å². The summed E-state index contributed by atoms with van der Waals surface area (Å²) in [6.45, 7) is 2.45. The zero-order valence-electron chi connectivity index (χ0n) is 7.50. The minimum absolute atomic E-state index is 0.294. The molecule has 0 aliphatic carbocycles. The predicted molar refractivity (Wildman–Crippen MR) is 64.5 cm³/mol. The summed E-state index contributed by atoms with van der Waals surface area (Å²) in [4.78, 5) is 1.39. The van der Waals surface area contributed by atoms with Gasteiger partial charge in [0, 0.05) is 32.3 Å². The minimum Gasteiger partial charge on any atom is -0.396 e. The first-order valence-electron chi connectivity index (χ1n) is 4.17. The van der Waals surface area contributed by atoms with E-state index in [1.165, 1.54) is 9.35 Å². The zero-order chi connectivity index (χ0) is 9.68. The fraction of sp³-hybridized carbons (Fsp3) is 0.556. The van der Waals surface area contributed by atoms with E-state index in [1.54, 1.807) is 11.3 Å². The average molecular weight is 281 g/mol.